The summed E-state index contributed by atoms with van der Waals surface area (Å²) in [5.41, 5.74) is 5.75. The van der Waals surface area contributed by atoms with Crippen LogP contribution in [0.5, 0.6) is 0 Å². The maximum absolute atomic E-state index is 12.5. The lowest BCUT2D eigenvalue weighted by molar-refractivity contribution is -0.115. The second kappa shape index (κ2) is 15.0. The molecular weight excluding hydrogens is 636 g/mol. The molecule has 6 rings (SSSR count). The summed E-state index contributed by atoms with van der Waals surface area (Å²) >= 11 is 0. The van der Waals surface area contributed by atoms with Crippen LogP contribution in [0.15, 0.2) is 42.3 Å². The molecule has 0 radical (unpaired) electrons. The average Bonchev–Trinajstić information content (AvgIpc) is 3.14. The van der Waals surface area contributed by atoms with Crippen molar-refractivity contribution in [3.8, 4) is 12.1 Å². The number of aliphatic hydroxyl groups excluding tert-OH is 2. The summed E-state index contributed by atoms with van der Waals surface area (Å²) in [4.78, 5) is 37.5. The fraction of sp³-hybridized carbons (Fsp3) is 0.474. The number of allylic oxidation sites excluding steroid dienone is 2. The molecule has 0 saturated carbocycles. The van der Waals surface area contributed by atoms with E-state index in [1.165, 1.54) is 0 Å². The van der Waals surface area contributed by atoms with E-state index >= 15 is 0 Å². The van der Waals surface area contributed by atoms with Gasteiger partial charge in [0, 0.05) is 76.8 Å². The number of nitrogens with zero attached hydrogens (tertiary/aromatic N) is 6. The summed E-state index contributed by atoms with van der Waals surface area (Å²) in [6, 6.07) is 7.79. The number of carbonyl (C=O) groups is 2. The molecule has 50 heavy (non-hydrogen) atoms. The van der Waals surface area contributed by atoms with Crippen molar-refractivity contribution >= 4 is 29.0 Å². The Kier molecular flexibility index (Phi) is 11.0. The second-order valence-corrected chi connectivity index (χ2v) is 13.6. The molecule has 0 spiro atoms. The molecule has 2 saturated heterocycles. The van der Waals surface area contributed by atoms with E-state index in [1.807, 2.05) is 11.0 Å². The number of rotatable bonds is 7. The van der Waals surface area contributed by atoms with Gasteiger partial charge in [0.15, 0.2) is 11.6 Å². The highest BCUT2D eigenvalue weighted by Crippen LogP contribution is 2.38. The van der Waals surface area contributed by atoms with Crippen LogP contribution < -0.4 is 0 Å². The molecule has 4 heterocycles. The minimum absolute atomic E-state index is 0.119. The number of ketones is 2. The Morgan fingerprint density at radius 1 is 0.860 bits per heavy atom. The summed E-state index contributed by atoms with van der Waals surface area (Å²) in [5, 5.41) is 38.2. The Morgan fingerprint density at radius 2 is 1.30 bits per heavy atom. The zero-order valence-electron chi connectivity index (χ0n) is 29.2. The van der Waals surface area contributed by atoms with E-state index in [1.54, 1.807) is 38.8 Å². The van der Waals surface area contributed by atoms with Gasteiger partial charge in [-0.1, -0.05) is 6.58 Å². The summed E-state index contributed by atoms with van der Waals surface area (Å²) in [5.74, 6) is -0.347. The Balaban J connectivity index is 0.000000195. The van der Waals surface area contributed by atoms with Crippen LogP contribution in [0.2, 0.25) is 0 Å². The predicted octanol–water partition coefficient (Wildman–Crippen LogP) is 3.55. The molecule has 0 bridgehead atoms. The van der Waals surface area contributed by atoms with E-state index in [0.717, 1.165) is 72.4 Å². The van der Waals surface area contributed by atoms with E-state index in [0.29, 0.717) is 24.5 Å². The number of Topliss-reactive ketones (excluding diaryl/α,β-unsaturated/α-hetero) is 2. The molecule has 2 fully saturated rings. The zero-order chi connectivity index (χ0) is 36.2. The van der Waals surface area contributed by atoms with Crippen LogP contribution in [0.4, 0.5) is 0 Å². The lowest BCUT2D eigenvalue weighted by Gasteiger charge is -2.41. The van der Waals surface area contributed by atoms with E-state index in [-0.39, 0.29) is 46.8 Å². The molecule has 0 aromatic carbocycles. The van der Waals surface area contributed by atoms with Gasteiger partial charge >= 0.3 is 0 Å². The number of likely N-dealkylation sites (tertiary alicyclic amines) is 2. The highest BCUT2D eigenvalue weighted by Gasteiger charge is 2.37. The molecule has 2 aliphatic carbocycles. The highest BCUT2D eigenvalue weighted by molar-refractivity contribution is 6.10. The summed E-state index contributed by atoms with van der Waals surface area (Å²) < 4.78 is 11.2. The Bertz CT molecular complexity index is 1820. The van der Waals surface area contributed by atoms with Gasteiger partial charge in [-0.3, -0.25) is 19.6 Å². The monoisotopic (exact) mass is 680 g/mol. The van der Waals surface area contributed by atoms with E-state index in [9.17, 15) is 30.3 Å². The average molecular weight is 681 g/mol. The van der Waals surface area contributed by atoms with Gasteiger partial charge in [0.2, 0.25) is 0 Å². The molecular formula is C38H44N6O6. The summed E-state index contributed by atoms with van der Waals surface area (Å²) in [6.07, 6.45) is 7.49. The van der Waals surface area contributed by atoms with Crippen molar-refractivity contribution in [2.45, 2.75) is 69.7 Å². The minimum Gasteiger partial charge on any atom is -0.393 e. The topological polar surface area (TPSA) is 173 Å². The first-order valence-electron chi connectivity index (χ1n) is 16.8. The number of pyridine rings is 2. The fourth-order valence-corrected chi connectivity index (χ4v) is 6.87. The maximum atomic E-state index is 12.5. The number of aromatic nitrogens is 2. The SMILES string of the molecule is C=Cc1cc2c(cn1)CC(=O)C(C#N)=C2N1CCC(C)(OC)CC1.COC1(C)CCN(C2=C(C#N)C(=O)Cc3cnc(C(O)CO)cc32)CC1. The number of methoxy groups -OCH3 is 2. The first kappa shape index (κ1) is 36.6. The molecule has 0 amide bonds. The molecule has 2 N–H and O–H groups in total. The second-order valence-electron chi connectivity index (χ2n) is 13.6. The number of hydrogen-bond donors (Lipinski definition) is 2. The van der Waals surface area contributed by atoms with Gasteiger partial charge in [0.25, 0.3) is 0 Å². The van der Waals surface area contributed by atoms with Crippen LogP contribution in [0, 0.1) is 22.7 Å². The van der Waals surface area contributed by atoms with Crippen LogP contribution >= 0.6 is 0 Å². The normalized spacial score (nSPS) is 20.2. The third kappa shape index (κ3) is 7.25. The van der Waals surface area contributed by atoms with Crippen molar-refractivity contribution in [1.82, 2.24) is 19.8 Å². The number of ether oxygens (including phenoxy) is 2. The van der Waals surface area contributed by atoms with Crippen LogP contribution in [0.3, 0.4) is 0 Å². The molecule has 1 atom stereocenters. The number of piperidine rings is 2. The van der Waals surface area contributed by atoms with Crippen LogP contribution in [0.1, 0.15) is 79.3 Å². The van der Waals surface area contributed by atoms with Gasteiger partial charge in [0.05, 0.1) is 40.6 Å². The van der Waals surface area contributed by atoms with Crippen molar-refractivity contribution in [1.29, 1.82) is 10.5 Å². The smallest absolute Gasteiger partial charge is 0.179 e. The van der Waals surface area contributed by atoms with E-state index in [2.05, 4.69) is 47.4 Å². The number of carbonyl (C=O) groups excluding carboxylic acids is 2. The molecule has 1 unspecified atom stereocenters. The largest absolute Gasteiger partial charge is 0.393 e. The van der Waals surface area contributed by atoms with E-state index in [4.69, 9.17) is 9.47 Å². The molecule has 262 valence electrons. The number of aliphatic hydroxyl groups is 2. The number of fused-ring (bicyclic) bond motifs is 2. The Hall–Kier alpha value is -4.72. The standard InChI is InChI=1S/C19H23N3O4.C19H21N3O2/c1-19(26-2)3-5-22(6-4-19)18-13-8-15(17(25)11-23)21-10-12(13)7-16(24)14(18)9-20;1-4-14-10-15-13(12-21-14)9-17(23)16(11-20)18(15)22-7-5-19(2,24-3)6-8-22/h8,10,17,23,25H,3-7,11H2,1-2H3;4,10,12H,1,5-9H2,2-3H3. The molecule has 12 nitrogen and oxygen atoms in total. The van der Waals surface area contributed by atoms with Crippen molar-refractivity contribution in [2.75, 3.05) is 47.0 Å². The van der Waals surface area contributed by atoms with E-state index < -0.39 is 12.7 Å². The van der Waals surface area contributed by atoms with Gasteiger partial charge in [0.1, 0.15) is 29.4 Å². The molecule has 2 aliphatic heterocycles. The third-order valence-electron chi connectivity index (χ3n) is 10.5. The summed E-state index contributed by atoms with van der Waals surface area (Å²) in [7, 11) is 3.43. The fourth-order valence-electron chi connectivity index (χ4n) is 6.87. The maximum Gasteiger partial charge on any atom is 0.179 e. The molecule has 4 aliphatic rings. The van der Waals surface area contributed by atoms with Crippen molar-refractivity contribution in [3.05, 3.63) is 75.9 Å². The zero-order valence-corrected chi connectivity index (χ0v) is 29.2. The predicted molar refractivity (Wildman–Crippen MR) is 186 cm³/mol. The van der Waals surface area contributed by atoms with Gasteiger partial charge < -0.3 is 29.5 Å². The van der Waals surface area contributed by atoms with Crippen LogP contribution in [-0.4, -0.2) is 99.8 Å². The lowest BCUT2D eigenvalue weighted by atomic mass is 9.86. The first-order chi connectivity index (χ1) is 23.9. The number of hydrogen-bond acceptors (Lipinski definition) is 12. The van der Waals surface area contributed by atoms with Crippen LogP contribution in [0.25, 0.3) is 17.5 Å². The molecule has 2 aromatic rings. The molecule has 2 aromatic heterocycles. The third-order valence-corrected chi connectivity index (χ3v) is 10.5. The summed E-state index contributed by atoms with van der Waals surface area (Å²) in [6.45, 7) is 10.3. The Morgan fingerprint density at radius 3 is 1.70 bits per heavy atom. The number of nitriles is 2. The van der Waals surface area contributed by atoms with Gasteiger partial charge in [-0.25, -0.2) is 0 Å². The first-order valence-corrected chi connectivity index (χ1v) is 16.8. The highest BCUT2D eigenvalue weighted by atomic mass is 16.5. The van der Waals surface area contributed by atoms with Crippen LogP contribution in [-0.2, 0) is 31.9 Å². The van der Waals surface area contributed by atoms with Crippen molar-refractivity contribution in [2.24, 2.45) is 0 Å². The van der Waals surface area contributed by atoms with Gasteiger partial charge in [-0.2, -0.15) is 10.5 Å². The van der Waals surface area contributed by atoms with Crippen molar-refractivity contribution in [3.63, 3.8) is 0 Å². The Labute approximate surface area is 293 Å². The lowest BCUT2D eigenvalue weighted by Crippen LogP contribution is -2.43. The quantitative estimate of drug-likeness (QED) is 0.436. The van der Waals surface area contributed by atoms with Crippen molar-refractivity contribution < 1.29 is 29.3 Å². The van der Waals surface area contributed by atoms with Gasteiger partial charge in [-0.15, -0.1) is 0 Å². The minimum atomic E-state index is -1.09. The van der Waals surface area contributed by atoms with Gasteiger partial charge in [-0.05, 0) is 68.9 Å². The molecule has 12 heteroatoms.